The second kappa shape index (κ2) is 6.35. The minimum absolute atomic E-state index is 0.229. The summed E-state index contributed by atoms with van der Waals surface area (Å²) in [6, 6.07) is 11.4. The van der Waals surface area contributed by atoms with Gasteiger partial charge in [-0.3, -0.25) is 11.3 Å². The molecule has 0 aliphatic rings. The fraction of sp³-hybridized carbons (Fsp3) is 0.143. The molecule has 0 bridgehead atoms. The highest BCUT2D eigenvalue weighted by atomic mass is 35.5. The van der Waals surface area contributed by atoms with Crippen molar-refractivity contribution in [1.82, 2.24) is 5.43 Å². The van der Waals surface area contributed by atoms with Gasteiger partial charge in [0.25, 0.3) is 0 Å². The molecule has 3 N–H and O–H groups in total. The van der Waals surface area contributed by atoms with Gasteiger partial charge >= 0.3 is 0 Å². The molecule has 2 nitrogen and oxygen atoms in total. The van der Waals surface area contributed by atoms with Gasteiger partial charge in [-0.15, -0.1) is 0 Å². The van der Waals surface area contributed by atoms with Crippen molar-refractivity contribution in [2.75, 3.05) is 0 Å². The van der Waals surface area contributed by atoms with E-state index in [4.69, 9.17) is 29.0 Å². The van der Waals surface area contributed by atoms with Crippen LogP contribution in [-0.4, -0.2) is 0 Å². The summed E-state index contributed by atoms with van der Waals surface area (Å²) < 4.78 is 13.2. The predicted molar refractivity (Wildman–Crippen MR) is 76.6 cm³/mol. The van der Waals surface area contributed by atoms with Crippen molar-refractivity contribution in [2.45, 2.75) is 12.5 Å². The minimum Gasteiger partial charge on any atom is -0.271 e. The minimum atomic E-state index is -0.325. The van der Waals surface area contributed by atoms with Crippen molar-refractivity contribution >= 4 is 23.2 Å². The summed E-state index contributed by atoms with van der Waals surface area (Å²) in [7, 11) is 0. The molecule has 0 fully saturated rings. The summed E-state index contributed by atoms with van der Waals surface area (Å²) in [6.07, 6.45) is 0.455. The third-order valence-electron chi connectivity index (χ3n) is 2.91. The Morgan fingerprint density at radius 1 is 1.11 bits per heavy atom. The van der Waals surface area contributed by atoms with E-state index in [0.717, 1.165) is 5.56 Å². The zero-order valence-corrected chi connectivity index (χ0v) is 11.5. The quantitative estimate of drug-likeness (QED) is 0.664. The molecule has 2 aromatic carbocycles. The van der Waals surface area contributed by atoms with Crippen LogP contribution in [0.2, 0.25) is 10.0 Å². The van der Waals surface area contributed by atoms with Gasteiger partial charge in [-0.05, 0) is 41.8 Å². The monoisotopic (exact) mass is 298 g/mol. The number of hydrazine groups is 1. The zero-order valence-electron chi connectivity index (χ0n) is 10.0. The molecule has 0 radical (unpaired) electrons. The van der Waals surface area contributed by atoms with Crippen LogP contribution in [-0.2, 0) is 6.42 Å². The lowest BCUT2D eigenvalue weighted by Crippen LogP contribution is -2.29. The number of hydrogen-bond donors (Lipinski definition) is 2. The summed E-state index contributed by atoms with van der Waals surface area (Å²) in [4.78, 5) is 0. The van der Waals surface area contributed by atoms with Gasteiger partial charge in [0.15, 0.2) is 0 Å². The maximum Gasteiger partial charge on any atom is 0.123 e. The van der Waals surface area contributed by atoms with E-state index in [1.807, 2.05) is 18.2 Å². The zero-order chi connectivity index (χ0) is 13.8. The summed E-state index contributed by atoms with van der Waals surface area (Å²) in [6.45, 7) is 0. The average Bonchev–Trinajstić information content (AvgIpc) is 2.41. The van der Waals surface area contributed by atoms with Crippen LogP contribution in [0.4, 0.5) is 4.39 Å². The first-order valence-electron chi connectivity index (χ1n) is 5.76. The van der Waals surface area contributed by atoms with Crippen LogP contribution in [0.1, 0.15) is 17.2 Å². The summed E-state index contributed by atoms with van der Waals surface area (Å²) in [5, 5.41) is 1.12. The van der Waals surface area contributed by atoms with Crippen molar-refractivity contribution in [3.8, 4) is 0 Å². The molecule has 0 amide bonds. The fourth-order valence-electron chi connectivity index (χ4n) is 1.94. The molecule has 0 aliphatic heterocycles. The summed E-state index contributed by atoms with van der Waals surface area (Å²) >= 11 is 12.2. The second-order valence-corrected chi connectivity index (χ2v) is 5.00. The number of nitrogens with two attached hydrogens (primary N) is 1. The highest BCUT2D eigenvalue weighted by Crippen LogP contribution is 2.27. The number of hydrogen-bond acceptors (Lipinski definition) is 2. The van der Waals surface area contributed by atoms with Gasteiger partial charge in [-0.25, -0.2) is 4.39 Å². The molecule has 2 aromatic rings. The molecule has 100 valence electrons. The fourth-order valence-corrected chi connectivity index (χ4v) is 2.40. The van der Waals surface area contributed by atoms with E-state index in [1.54, 1.807) is 6.07 Å². The third-order valence-corrected chi connectivity index (χ3v) is 3.63. The SMILES string of the molecule is NNC(Cc1cc(F)ccc1Cl)c1ccccc1Cl. The van der Waals surface area contributed by atoms with Crippen molar-refractivity contribution in [3.05, 3.63) is 69.5 Å². The Labute approximate surface area is 121 Å². The lowest BCUT2D eigenvalue weighted by Gasteiger charge is -2.18. The van der Waals surface area contributed by atoms with E-state index >= 15 is 0 Å². The van der Waals surface area contributed by atoms with E-state index in [1.165, 1.54) is 18.2 Å². The van der Waals surface area contributed by atoms with Crippen molar-refractivity contribution in [3.63, 3.8) is 0 Å². The molecule has 0 saturated heterocycles. The number of nitrogens with one attached hydrogen (secondary N) is 1. The topological polar surface area (TPSA) is 38.0 Å². The normalized spacial score (nSPS) is 12.4. The molecule has 19 heavy (non-hydrogen) atoms. The Hall–Kier alpha value is -1.13. The Morgan fingerprint density at radius 3 is 2.53 bits per heavy atom. The third kappa shape index (κ3) is 3.45. The maximum absolute atomic E-state index is 13.2. The van der Waals surface area contributed by atoms with Crippen LogP contribution < -0.4 is 11.3 Å². The molecule has 5 heteroatoms. The molecule has 2 rings (SSSR count). The molecule has 0 saturated carbocycles. The van der Waals surface area contributed by atoms with Crippen LogP contribution >= 0.6 is 23.2 Å². The van der Waals surface area contributed by atoms with Crippen LogP contribution in [0.3, 0.4) is 0 Å². The van der Waals surface area contributed by atoms with Gasteiger partial charge < -0.3 is 0 Å². The van der Waals surface area contributed by atoms with E-state index in [9.17, 15) is 4.39 Å². The smallest absolute Gasteiger partial charge is 0.123 e. The van der Waals surface area contributed by atoms with E-state index < -0.39 is 0 Å². The van der Waals surface area contributed by atoms with Crippen molar-refractivity contribution in [1.29, 1.82) is 0 Å². The molecular weight excluding hydrogens is 286 g/mol. The highest BCUT2D eigenvalue weighted by molar-refractivity contribution is 6.31. The standard InChI is InChI=1S/C14H13Cl2FN2/c15-12-6-5-10(17)7-9(12)8-14(19-18)11-3-1-2-4-13(11)16/h1-7,14,19H,8,18H2. The van der Waals surface area contributed by atoms with E-state index in [0.29, 0.717) is 22.0 Å². The van der Waals surface area contributed by atoms with Crippen LogP contribution in [0.25, 0.3) is 0 Å². The summed E-state index contributed by atoms with van der Waals surface area (Å²) in [5.41, 5.74) is 4.23. The first kappa shape index (κ1) is 14.3. The second-order valence-electron chi connectivity index (χ2n) is 4.18. The Bertz CT molecular complexity index is 575. The number of halogens is 3. The number of benzene rings is 2. The Morgan fingerprint density at radius 2 is 1.84 bits per heavy atom. The molecular formula is C14H13Cl2FN2. The van der Waals surface area contributed by atoms with Crippen LogP contribution in [0.15, 0.2) is 42.5 Å². The molecule has 0 aliphatic carbocycles. The Balaban J connectivity index is 2.29. The van der Waals surface area contributed by atoms with Gasteiger partial charge in [-0.1, -0.05) is 41.4 Å². The first-order valence-corrected chi connectivity index (χ1v) is 6.52. The number of rotatable bonds is 4. The van der Waals surface area contributed by atoms with Gasteiger partial charge in [0.1, 0.15) is 5.82 Å². The lowest BCUT2D eigenvalue weighted by molar-refractivity contribution is 0.549. The predicted octanol–water partition coefficient (Wildman–Crippen LogP) is 3.88. The van der Waals surface area contributed by atoms with Crippen molar-refractivity contribution < 1.29 is 4.39 Å². The lowest BCUT2D eigenvalue weighted by atomic mass is 9.99. The average molecular weight is 299 g/mol. The van der Waals surface area contributed by atoms with Gasteiger partial charge in [0.05, 0.1) is 6.04 Å². The van der Waals surface area contributed by atoms with Crippen LogP contribution in [0.5, 0.6) is 0 Å². The molecule has 1 unspecified atom stereocenters. The van der Waals surface area contributed by atoms with Crippen molar-refractivity contribution in [2.24, 2.45) is 5.84 Å². The Kier molecular flexibility index (Phi) is 4.77. The molecule has 0 aromatic heterocycles. The van der Waals surface area contributed by atoms with Gasteiger partial charge in [0.2, 0.25) is 0 Å². The molecule has 0 spiro atoms. The van der Waals surface area contributed by atoms with Crippen LogP contribution in [0, 0.1) is 5.82 Å². The van der Waals surface area contributed by atoms with E-state index in [-0.39, 0.29) is 11.9 Å². The van der Waals surface area contributed by atoms with E-state index in [2.05, 4.69) is 5.43 Å². The molecule has 1 atom stereocenters. The summed E-state index contributed by atoms with van der Waals surface area (Å²) in [5.74, 6) is 5.24. The highest BCUT2D eigenvalue weighted by Gasteiger charge is 2.15. The molecule has 0 heterocycles. The largest absolute Gasteiger partial charge is 0.271 e. The first-order chi connectivity index (χ1) is 9.11. The van der Waals surface area contributed by atoms with Gasteiger partial charge in [0, 0.05) is 10.0 Å². The maximum atomic E-state index is 13.2. The van der Waals surface area contributed by atoms with Gasteiger partial charge in [-0.2, -0.15) is 0 Å².